The first-order valence-corrected chi connectivity index (χ1v) is 11.1. The first-order valence-electron chi connectivity index (χ1n) is 9.68. The van der Waals surface area contributed by atoms with Gasteiger partial charge in [0.1, 0.15) is 11.5 Å². The van der Waals surface area contributed by atoms with Crippen molar-refractivity contribution in [2.24, 2.45) is 0 Å². The summed E-state index contributed by atoms with van der Waals surface area (Å²) in [7, 11) is -0.840. The SMILES string of the molecule is COc1ccc(NC(=O)c2cc(S(=O)(=O)N3CCc4ccccc43)ccc2OC)cc1. The minimum Gasteiger partial charge on any atom is -0.497 e. The van der Waals surface area contributed by atoms with Crippen LogP contribution in [-0.2, 0) is 16.4 Å². The van der Waals surface area contributed by atoms with Crippen LogP contribution in [-0.4, -0.2) is 35.1 Å². The third-order valence-electron chi connectivity index (χ3n) is 5.20. The molecule has 0 spiro atoms. The molecule has 1 aliphatic rings. The van der Waals surface area contributed by atoms with Gasteiger partial charge in [-0.1, -0.05) is 18.2 Å². The van der Waals surface area contributed by atoms with Gasteiger partial charge in [-0.25, -0.2) is 8.42 Å². The number of nitrogens with one attached hydrogen (secondary N) is 1. The lowest BCUT2D eigenvalue weighted by Crippen LogP contribution is -2.29. The van der Waals surface area contributed by atoms with Gasteiger partial charge in [-0.3, -0.25) is 9.10 Å². The molecule has 160 valence electrons. The molecule has 0 aliphatic carbocycles. The predicted molar refractivity (Wildman–Crippen MR) is 119 cm³/mol. The van der Waals surface area contributed by atoms with Crippen LogP contribution in [0.5, 0.6) is 11.5 Å². The maximum atomic E-state index is 13.3. The molecule has 31 heavy (non-hydrogen) atoms. The molecule has 0 radical (unpaired) electrons. The topological polar surface area (TPSA) is 84.9 Å². The van der Waals surface area contributed by atoms with E-state index < -0.39 is 15.9 Å². The number of hydrogen-bond donors (Lipinski definition) is 1. The second kappa shape index (κ2) is 8.31. The summed E-state index contributed by atoms with van der Waals surface area (Å²) < 4.78 is 38.5. The number of nitrogens with zero attached hydrogens (tertiary/aromatic N) is 1. The van der Waals surface area contributed by atoms with Gasteiger partial charge in [-0.15, -0.1) is 0 Å². The highest BCUT2D eigenvalue weighted by Crippen LogP contribution is 2.34. The first kappa shape index (κ1) is 20.7. The van der Waals surface area contributed by atoms with Crippen molar-refractivity contribution in [1.29, 1.82) is 0 Å². The highest BCUT2D eigenvalue weighted by Gasteiger charge is 2.31. The molecule has 3 aromatic carbocycles. The second-order valence-electron chi connectivity index (χ2n) is 7.00. The van der Waals surface area contributed by atoms with Crippen molar-refractivity contribution >= 4 is 27.3 Å². The van der Waals surface area contributed by atoms with Crippen LogP contribution in [0.2, 0.25) is 0 Å². The van der Waals surface area contributed by atoms with E-state index in [0.29, 0.717) is 30.1 Å². The molecular weight excluding hydrogens is 416 g/mol. The van der Waals surface area contributed by atoms with E-state index in [0.717, 1.165) is 5.56 Å². The summed E-state index contributed by atoms with van der Waals surface area (Å²) in [5, 5.41) is 2.77. The molecule has 8 heteroatoms. The molecule has 1 amide bonds. The molecule has 1 heterocycles. The van der Waals surface area contributed by atoms with Crippen molar-refractivity contribution < 1.29 is 22.7 Å². The van der Waals surface area contributed by atoms with Gasteiger partial charge in [-0.2, -0.15) is 0 Å². The van der Waals surface area contributed by atoms with Gasteiger partial charge in [0.15, 0.2) is 0 Å². The van der Waals surface area contributed by atoms with E-state index in [2.05, 4.69) is 5.32 Å². The maximum absolute atomic E-state index is 13.3. The summed E-state index contributed by atoms with van der Waals surface area (Å²) >= 11 is 0. The Labute approximate surface area is 181 Å². The molecule has 0 saturated carbocycles. The summed E-state index contributed by atoms with van der Waals surface area (Å²) in [5.41, 5.74) is 2.33. The van der Waals surface area contributed by atoms with Crippen molar-refractivity contribution in [3.63, 3.8) is 0 Å². The van der Waals surface area contributed by atoms with Crippen LogP contribution >= 0.6 is 0 Å². The maximum Gasteiger partial charge on any atom is 0.264 e. The summed E-state index contributed by atoms with van der Waals surface area (Å²) in [4.78, 5) is 12.9. The van der Waals surface area contributed by atoms with Gasteiger partial charge in [0.25, 0.3) is 15.9 Å². The second-order valence-corrected chi connectivity index (χ2v) is 8.86. The molecule has 0 bridgehead atoms. The highest BCUT2D eigenvalue weighted by molar-refractivity contribution is 7.92. The van der Waals surface area contributed by atoms with E-state index >= 15 is 0 Å². The van der Waals surface area contributed by atoms with Crippen LogP contribution in [0.25, 0.3) is 0 Å². The zero-order valence-electron chi connectivity index (χ0n) is 17.2. The summed E-state index contributed by atoms with van der Waals surface area (Å²) in [6.45, 7) is 0.362. The molecule has 3 aromatic rings. The van der Waals surface area contributed by atoms with E-state index in [1.54, 1.807) is 37.4 Å². The smallest absolute Gasteiger partial charge is 0.264 e. The van der Waals surface area contributed by atoms with Gasteiger partial charge in [0.05, 0.1) is 30.4 Å². The minimum atomic E-state index is -3.83. The van der Waals surface area contributed by atoms with Gasteiger partial charge >= 0.3 is 0 Å². The number of methoxy groups -OCH3 is 2. The molecule has 0 saturated heterocycles. The first-order chi connectivity index (χ1) is 14.9. The lowest BCUT2D eigenvalue weighted by molar-refractivity contribution is 0.102. The number of anilines is 2. The van der Waals surface area contributed by atoms with Crippen LogP contribution in [0.3, 0.4) is 0 Å². The lowest BCUT2D eigenvalue weighted by Gasteiger charge is -2.20. The number of sulfonamides is 1. The van der Waals surface area contributed by atoms with Gasteiger partial charge in [-0.05, 0) is 60.5 Å². The number of fused-ring (bicyclic) bond motifs is 1. The Bertz CT molecular complexity index is 1220. The average Bonchev–Trinajstić information content (AvgIpc) is 3.24. The Kier molecular flexibility index (Phi) is 5.56. The van der Waals surface area contributed by atoms with Crippen molar-refractivity contribution in [2.75, 3.05) is 30.4 Å². The Hall–Kier alpha value is -3.52. The number of ether oxygens (including phenoxy) is 2. The van der Waals surface area contributed by atoms with E-state index in [9.17, 15) is 13.2 Å². The van der Waals surface area contributed by atoms with Gasteiger partial charge in [0, 0.05) is 12.2 Å². The average molecular weight is 439 g/mol. The molecule has 1 aliphatic heterocycles. The van der Waals surface area contributed by atoms with Crippen molar-refractivity contribution in [3.8, 4) is 11.5 Å². The fourth-order valence-electron chi connectivity index (χ4n) is 3.58. The van der Waals surface area contributed by atoms with E-state index in [4.69, 9.17) is 9.47 Å². The highest BCUT2D eigenvalue weighted by atomic mass is 32.2. The molecule has 4 rings (SSSR count). The standard InChI is InChI=1S/C23H22N2O5S/c1-29-18-9-7-17(8-10-18)24-23(26)20-15-19(11-12-22(20)30-2)31(27,28)25-14-13-16-5-3-4-6-21(16)25/h3-12,15H,13-14H2,1-2H3,(H,24,26). The third kappa shape index (κ3) is 3.94. The number of rotatable bonds is 6. The van der Waals surface area contributed by atoms with Gasteiger partial charge in [0.2, 0.25) is 0 Å². The summed E-state index contributed by atoms with van der Waals surface area (Å²) in [5.74, 6) is 0.474. The van der Waals surface area contributed by atoms with E-state index in [1.165, 1.54) is 29.6 Å². The molecule has 7 nitrogen and oxygen atoms in total. The minimum absolute atomic E-state index is 0.0323. The molecule has 1 N–H and O–H groups in total. The number of carbonyl (C=O) groups excluding carboxylic acids is 1. The number of para-hydroxylation sites is 1. The largest absolute Gasteiger partial charge is 0.497 e. The van der Waals surface area contributed by atoms with Crippen LogP contribution in [0.15, 0.2) is 71.6 Å². The molecular formula is C23H22N2O5S. The molecule has 0 atom stereocenters. The van der Waals surface area contributed by atoms with Crippen LogP contribution < -0.4 is 19.1 Å². The number of benzene rings is 3. The Morgan fingerprint density at radius 3 is 2.42 bits per heavy atom. The van der Waals surface area contributed by atoms with Crippen LogP contribution in [0, 0.1) is 0 Å². The van der Waals surface area contributed by atoms with Crippen LogP contribution in [0.1, 0.15) is 15.9 Å². The van der Waals surface area contributed by atoms with Crippen molar-refractivity contribution in [2.45, 2.75) is 11.3 Å². The molecule has 0 aromatic heterocycles. The normalized spacial score (nSPS) is 12.9. The van der Waals surface area contributed by atoms with Crippen LogP contribution in [0.4, 0.5) is 11.4 Å². The summed E-state index contributed by atoms with van der Waals surface area (Å²) in [6.07, 6.45) is 0.649. The monoisotopic (exact) mass is 438 g/mol. The quantitative estimate of drug-likeness (QED) is 0.634. The fraction of sp³-hybridized carbons (Fsp3) is 0.174. The zero-order chi connectivity index (χ0) is 22.0. The number of carbonyl (C=O) groups is 1. The Morgan fingerprint density at radius 2 is 1.71 bits per heavy atom. The van der Waals surface area contributed by atoms with E-state index in [1.807, 2.05) is 18.2 Å². The fourth-order valence-corrected chi connectivity index (χ4v) is 5.11. The third-order valence-corrected chi connectivity index (χ3v) is 7.01. The van der Waals surface area contributed by atoms with Gasteiger partial charge < -0.3 is 14.8 Å². The number of amides is 1. The Morgan fingerprint density at radius 1 is 0.968 bits per heavy atom. The number of hydrogen-bond acceptors (Lipinski definition) is 5. The van der Waals surface area contributed by atoms with E-state index in [-0.39, 0.29) is 16.2 Å². The molecule has 0 unspecified atom stereocenters. The predicted octanol–water partition coefficient (Wildman–Crippen LogP) is 3.71. The van der Waals surface area contributed by atoms with Crippen molar-refractivity contribution in [3.05, 3.63) is 77.9 Å². The lowest BCUT2D eigenvalue weighted by atomic mass is 10.2. The zero-order valence-corrected chi connectivity index (χ0v) is 18.0. The Balaban J connectivity index is 1.66. The van der Waals surface area contributed by atoms with Crippen molar-refractivity contribution in [1.82, 2.24) is 0 Å². The molecule has 0 fully saturated rings. The summed E-state index contributed by atoms with van der Waals surface area (Å²) in [6, 6.07) is 18.6.